The molecule has 1 aliphatic rings. The largest absolute Gasteiger partial charge is 0.505 e. The first-order chi connectivity index (χ1) is 11.7. The summed E-state index contributed by atoms with van der Waals surface area (Å²) in [6, 6.07) is 17.2. The molecule has 0 fully saturated rings. The van der Waals surface area contributed by atoms with E-state index in [0.29, 0.717) is 16.9 Å². The zero-order valence-corrected chi connectivity index (χ0v) is 12.7. The van der Waals surface area contributed by atoms with Crippen LogP contribution in [0.2, 0.25) is 0 Å². The molecule has 3 nitrogen and oxygen atoms in total. The summed E-state index contributed by atoms with van der Waals surface area (Å²) in [6.45, 7) is 0. The van der Waals surface area contributed by atoms with Crippen LogP contribution in [-0.4, -0.2) is 15.1 Å². The quantitative estimate of drug-likeness (QED) is 0.473. The molecule has 4 heteroatoms. The minimum atomic E-state index is -0.652. The van der Waals surface area contributed by atoms with Crippen molar-refractivity contribution in [2.75, 3.05) is 0 Å². The van der Waals surface area contributed by atoms with Gasteiger partial charge in [-0.25, -0.2) is 9.37 Å². The molecule has 24 heavy (non-hydrogen) atoms. The first-order valence-electron chi connectivity index (χ1n) is 7.79. The van der Waals surface area contributed by atoms with Crippen LogP contribution in [0.3, 0.4) is 0 Å². The Hall–Kier alpha value is -3.14. The van der Waals surface area contributed by atoms with Gasteiger partial charge in [0.25, 0.3) is 0 Å². The lowest BCUT2D eigenvalue weighted by molar-refractivity contribution is 0.433. The van der Waals surface area contributed by atoms with E-state index in [4.69, 9.17) is 0 Å². The van der Waals surface area contributed by atoms with E-state index in [-0.39, 0.29) is 5.75 Å². The van der Waals surface area contributed by atoms with Gasteiger partial charge in [-0.3, -0.25) is 0 Å². The standard InChI is InChI=1S/C20H13FN2O/c21-15-9-16-17(10-18(15)24)23-20(22-16)14-7-3-5-12-8-11-4-1-2-6-13(11)19(12)14/h1-7,9-10,24H,8H2,(H,22,23). The van der Waals surface area contributed by atoms with E-state index in [9.17, 15) is 9.50 Å². The number of hydrogen-bond donors (Lipinski definition) is 2. The molecule has 1 heterocycles. The van der Waals surface area contributed by atoms with Crippen molar-refractivity contribution < 1.29 is 9.50 Å². The Bertz CT molecular complexity index is 1080. The van der Waals surface area contributed by atoms with E-state index in [2.05, 4.69) is 34.2 Å². The molecule has 0 saturated heterocycles. The van der Waals surface area contributed by atoms with Crippen molar-refractivity contribution in [1.29, 1.82) is 0 Å². The maximum absolute atomic E-state index is 13.6. The van der Waals surface area contributed by atoms with Gasteiger partial charge in [-0.2, -0.15) is 0 Å². The molecular weight excluding hydrogens is 303 g/mol. The van der Waals surface area contributed by atoms with Crippen molar-refractivity contribution in [2.45, 2.75) is 6.42 Å². The summed E-state index contributed by atoms with van der Waals surface area (Å²) in [6.07, 6.45) is 0.912. The summed E-state index contributed by atoms with van der Waals surface area (Å²) in [5.41, 5.74) is 7.09. The molecule has 5 rings (SSSR count). The minimum absolute atomic E-state index is 0.385. The van der Waals surface area contributed by atoms with Gasteiger partial charge in [-0.1, -0.05) is 42.5 Å². The second-order valence-electron chi connectivity index (χ2n) is 6.08. The third-order valence-corrected chi connectivity index (χ3v) is 4.62. The average molecular weight is 316 g/mol. The number of aromatic nitrogens is 2. The summed E-state index contributed by atoms with van der Waals surface area (Å²) in [4.78, 5) is 7.73. The molecule has 116 valence electrons. The Morgan fingerprint density at radius 1 is 0.958 bits per heavy atom. The fourth-order valence-electron chi connectivity index (χ4n) is 3.53. The van der Waals surface area contributed by atoms with Crippen LogP contribution in [0.5, 0.6) is 5.75 Å². The van der Waals surface area contributed by atoms with Crippen molar-refractivity contribution in [3.05, 3.63) is 71.5 Å². The Balaban J connectivity index is 1.77. The highest BCUT2D eigenvalue weighted by atomic mass is 19.1. The van der Waals surface area contributed by atoms with Gasteiger partial charge in [-0.05, 0) is 28.7 Å². The first-order valence-corrected chi connectivity index (χ1v) is 7.79. The van der Waals surface area contributed by atoms with E-state index in [1.165, 1.54) is 34.4 Å². The fourth-order valence-corrected chi connectivity index (χ4v) is 3.53. The first kappa shape index (κ1) is 13.3. The average Bonchev–Trinajstić information content (AvgIpc) is 3.16. The highest BCUT2D eigenvalue weighted by Crippen LogP contribution is 2.42. The number of H-pyrrole nitrogens is 1. The van der Waals surface area contributed by atoms with Crippen molar-refractivity contribution >= 4 is 11.0 Å². The van der Waals surface area contributed by atoms with Gasteiger partial charge < -0.3 is 10.1 Å². The van der Waals surface area contributed by atoms with E-state index >= 15 is 0 Å². The molecule has 0 aliphatic heterocycles. The zero-order valence-electron chi connectivity index (χ0n) is 12.7. The zero-order chi connectivity index (χ0) is 16.3. The van der Waals surface area contributed by atoms with Crippen LogP contribution in [0.4, 0.5) is 4.39 Å². The number of hydrogen-bond acceptors (Lipinski definition) is 2. The molecule has 0 saturated carbocycles. The number of aromatic hydroxyl groups is 1. The van der Waals surface area contributed by atoms with Crippen molar-refractivity contribution in [3.8, 4) is 28.3 Å². The maximum Gasteiger partial charge on any atom is 0.167 e. The molecule has 3 aromatic carbocycles. The third kappa shape index (κ3) is 1.80. The lowest BCUT2D eigenvalue weighted by Gasteiger charge is -2.07. The Labute approximate surface area is 137 Å². The highest BCUT2D eigenvalue weighted by Gasteiger charge is 2.22. The number of nitrogens with one attached hydrogen (secondary N) is 1. The molecular formula is C20H13FN2O. The summed E-state index contributed by atoms with van der Waals surface area (Å²) in [5, 5.41) is 9.55. The second-order valence-corrected chi connectivity index (χ2v) is 6.08. The maximum atomic E-state index is 13.6. The highest BCUT2D eigenvalue weighted by molar-refractivity contribution is 5.91. The predicted molar refractivity (Wildman–Crippen MR) is 91.4 cm³/mol. The van der Waals surface area contributed by atoms with E-state index in [1.54, 1.807) is 0 Å². The fraction of sp³-hybridized carbons (Fsp3) is 0.0500. The molecule has 4 aromatic rings. The summed E-state index contributed by atoms with van der Waals surface area (Å²) >= 11 is 0. The molecule has 1 aliphatic carbocycles. The number of rotatable bonds is 1. The van der Waals surface area contributed by atoms with Gasteiger partial charge in [0.1, 0.15) is 5.82 Å². The summed E-state index contributed by atoms with van der Waals surface area (Å²) in [5.74, 6) is -0.353. The SMILES string of the molecule is Oc1cc2nc(-c3cccc4c3-c3ccccc3C4)[nH]c2cc1F. The van der Waals surface area contributed by atoms with E-state index < -0.39 is 5.82 Å². The topological polar surface area (TPSA) is 48.9 Å². The lowest BCUT2D eigenvalue weighted by Crippen LogP contribution is -1.87. The van der Waals surface area contributed by atoms with Gasteiger partial charge in [-0.15, -0.1) is 0 Å². The van der Waals surface area contributed by atoms with Crippen molar-refractivity contribution in [1.82, 2.24) is 9.97 Å². The molecule has 0 spiro atoms. The van der Waals surface area contributed by atoms with Gasteiger partial charge in [0.05, 0.1) is 11.0 Å². The Morgan fingerprint density at radius 3 is 2.67 bits per heavy atom. The number of halogens is 1. The van der Waals surface area contributed by atoms with Crippen molar-refractivity contribution in [3.63, 3.8) is 0 Å². The smallest absolute Gasteiger partial charge is 0.167 e. The number of fused-ring (bicyclic) bond motifs is 4. The Morgan fingerprint density at radius 2 is 1.75 bits per heavy atom. The lowest BCUT2D eigenvalue weighted by atomic mass is 9.99. The molecule has 0 bridgehead atoms. The van der Waals surface area contributed by atoms with Crippen LogP contribution in [-0.2, 0) is 6.42 Å². The van der Waals surface area contributed by atoms with E-state index in [0.717, 1.165) is 12.0 Å². The van der Waals surface area contributed by atoms with Crippen molar-refractivity contribution in [2.24, 2.45) is 0 Å². The van der Waals surface area contributed by atoms with Gasteiger partial charge in [0.2, 0.25) is 0 Å². The summed E-state index contributed by atoms with van der Waals surface area (Å²) < 4.78 is 13.6. The van der Waals surface area contributed by atoms with Crippen LogP contribution in [0, 0.1) is 5.82 Å². The predicted octanol–water partition coefficient (Wildman–Crippen LogP) is 4.65. The third-order valence-electron chi connectivity index (χ3n) is 4.62. The van der Waals surface area contributed by atoms with Crippen LogP contribution in [0.15, 0.2) is 54.6 Å². The number of nitrogens with zero attached hydrogens (tertiary/aromatic N) is 1. The number of imidazole rings is 1. The normalized spacial score (nSPS) is 12.4. The van der Waals surface area contributed by atoms with Crippen LogP contribution in [0.25, 0.3) is 33.5 Å². The van der Waals surface area contributed by atoms with Crippen LogP contribution in [0.1, 0.15) is 11.1 Å². The second kappa shape index (κ2) is 4.68. The molecule has 0 atom stereocenters. The molecule has 0 unspecified atom stereocenters. The van der Waals surface area contributed by atoms with Gasteiger partial charge in [0, 0.05) is 17.7 Å². The molecule has 2 N–H and O–H groups in total. The number of aromatic amines is 1. The number of phenols is 1. The van der Waals surface area contributed by atoms with Gasteiger partial charge >= 0.3 is 0 Å². The van der Waals surface area contributed by atoms with Gasteiger partial charge in [0.15, 0.2) is 11.6 Å². The van der Waals surface area contributed by atoms with Crippen LogP contribution < -0.4 is 0 Å². The Kier molecular flexibility index (Phi) is 2.59. The van der Waals surface area contributed by atoms with E-state index in [1.807, 2.05) is 18.2 Å². The molecule has 0 amide bonds. The van der Waals surface area contributed by atoms with Crippen LogP contribution >= 0.6 is 0 Å². The number of phenolic OH excluding ortho intramolecular Hbond substituents is 1. The number of benzene rings is 3. The molecule has 0 radical (unpaired) electrons. The monoisotopic (exact) mass is 316 g/mol. The minimum Gasteiger partial charge on any atom is -0.505 e. The molecule has 1 aromatic heterocycles. The summed E-state index contributed by atoms with van der Waals surface area (Å²) in [7, 11) is 0.